The minimum absolute atomic E-state index is 0.325. The molecular weight excluding hydrogens is 1210 g/mol. The van der Waals surface area contributed by atoms with Gasteiger partial charge in [0.25, 0.3) is 0 Å². The van der Waals surface area contributed by atoms with Crippen molar-refractivity contribution in [1.29, 1.82) is 5.26 Å². The summed E-state index contributed by atoms with van der Waals surface area (Å²) in [6, 6.07) is 127. The van der Waals surface area contributed by atoms with Gasteiger partial charge in [-0.3, -0.25) is 0 Å². The van der Waals surface area contributed by atoms with E-state index in [1.54, 1.807) is 0 Å². The molecule has 100 heavy (non-hydrogen) atoms. The van der Waals surface area contributed by atoms with Gasteiger partial charge >= 0.3 is 0 Å². The summed E-state index contributed by atoms with van der Waals surface area (Å²) in [7, 11) is 0. The Balaban J connectivity index is 1.08. The van der Waals surface area contributed by atoms with Gasteiger partial charge in [-0.2, -0.15) is 5.26 Å². The zero-order valence-electron chi connectivity index (χ0n) is 54.0. The van der Waals surface area contributed by atoms with Crippen molar-refractivity contribution in [1.82, 2.24) is 18.3 Å². The highest BCUT2D eigenvalue weighted by molar-refractivity contribution is 6.20. The molecule has 4 heterocycles. The van der Waals surface area contributed by atoms with Crippen LogP contribution in [0.2, 0.25) is 0 Å². The van der Waals surface area contributed by atoms with Crippen molar-refractivity contribution in [3.63, 3.8) is 0 Å². The molecule has 0 bridgehead atoms. The number of hydrogen-bond acceptors (Lipinski definition) is 1. The molecular formula is C94H56N6. The van der Waals surface area contributed by atoms with Crippen LogP contribution in [-0.2, 0) is 10.8 Å². The van der Waals surface area contributed by atoms with Crippen molar-refractivity contribution in [2.75, 3.05) is 0 Å². The Morgan fingerprint density at radius 3 is 0.900 bits per heavy atom. The lowest BCUT2D eigenvalue weighted by Gasteiger charge is -2.35. The molecule has 0 atom stereocenters. The van der Waals surface area contributed by atoms with Gasteiger partial charge in [-0.05, 0) is 92.0 Å². The average Bonchev–Trinajstić information content (AvgIpc) is 1.49. The van der Waals surface area contributed by atoms with Crippen LogP contribution in [0.5, 0.6) is 0 Å². The monoisotopic (exact) mass is 1270 g/mol. The lowest BCUT2D eigenvalue weighted by molar-refractivity contribution is 0.771. The highest BCUT2D eigenvalue weighted by Crippen LogP contribution is 2.63. The molecule has 0 aliphatic heterocycles. The molecule has 0 fully saturated rings. The molecule has 0 radical (unpaired) electrons. The normalized spacial score (nSPS) is 13.3. The van der Waals surface area contributed by atoms with E-state index in [1.807, 2.05) is 0 Å². The highest BCUT2D eigenvalue weighted by Gasteiger charge is 2.51. The molecule has 15 aromatic carbocycles. The van der Waals surface area contributed by atoms with Gasteiger partial charge in [0.2, 0.25) is 5.69 Å². The molecule has 0 saturated heterocycles. The fourth-order valence-electron chi connectivity index (χ4n) is 18.5. The van der Waals surface area contributed by atoms with Gasteiger partial charge in [-0.15, -0.1) is 0 Å². The minimum atomic E-state index is -0.893. The maximum atomic E-state index is 13.5. The summed E-state index contributed by atoms with van der Waals surface area (Å²) < 4.78 is 9.63. The number of benzene rings is 15. The van der Waals surface area contributed by atoms with Crippen molar-refractivity contribution >= 4 is 92.9 Å². The number of fused-ring (bicyclic) bond motifs is 20. The second-order valence-corrected chi connectivity index (χ2v) is 26.6. The van der Waals surface area contributed by atoms with Crippen molar-refractivity contribution in [2.45, 2.75) is 10.8 Å². The summed E-state index contributed by atoms with van der Waals surface area (Å²) in [5.74, 6) is 0. The third-order valence-electron chi connectivity index (χ3n) is 22.1. The Hall–Kier alpha value is -13.5. The van der Waals surface area contributed by atoms with Gasteiger partial charge in [0.15, 0.2) is 0 Å². The van der Waals surface area contributed by atoms with E-state index in [2.05, 4.69) is 364 Å². The van der Waals surface area contributed by atoms with Crippen LogP contribution in [0.4, 0.5) is 5.69 Å². The van der Waals surface area contributed by atoms with Crippen LogP contribution in [0, 0.1) is 17.9 Å². The van der Waals surface area contributed by atoms with E-state index in [0.29, 0.717) is 34.0 Å². The zero-order valence-corrected chi connectivity index (χ0v) is 54.0. The molecule has 6 heteroatoms. The van der Waals surface area contributed by atoms with Gasteiger partial charge in [0.1, 0.15) is 6.07 Å². The smallest absolute Gasteiger partial charge is 0.237 e. The summed E-state index contributed by atoms with van der Waals surface area (Å²) >= 11 is 0. The van der Waals surface area contributed by atoms with E-state index >= 15 is 0 Å². The third-order valence-corrected chi connectivity index (χ3v) is 22.1. The Labute approximate surface area is 576 Å². The number of hydrogen-bond donors (Lipinski definition) is 0. The first-order valence-electron chi connectivity index (χ1n) is 34.2. The number of nitrogens with zero attached hydrogens (tertiary/aromatic N) is 6. The SMILES string of the molecule is [C-]#[N+]c1c(-n2c3ccccc3c3ccccc32)c(C#N)c(-n2c3ccccc3c3ccc4c(c32)C(c2ccccc2)(c2ccccc2)c2ccccc2-4)c(-n2c3ccccc3c3ccccc32)c1-n1c2ccccc2c2ccc3c(c21)C(c1ccccc1)(c1ccccc1)c1ccccc1-3. The van der Waals surface area contributed by atoms with E-state index in [0.717, 1.165) is 143 Å². The molecule has 6 nitrogen and oxygen atoms in total. The van der Waals surface area contributed by atoms with Crippen molar-refractivity contribution in [3.05, 3.63) is 401 Å². The zero-order chi connectivity index (χ0) is 66.0. The van der Waals surface area contributed by atoms with E-state index in [-0.39, 0.29) is 0 Å². The fourth-order valence-corrected chi connectivity index (χ4v) is 18.5. The van der Waals surface area contributed by atoms with E-state index in [1.165, 1.54) is 11.1 Å². The predicted octanol–water partition coefficient (Wildman–Crippen LogP) is 23.2. The Bertz CT molecular complexity index is 6310. The summed E-state index contributed by atoms with van der Waals surface area (Å²) in [5.41, 5.74) is 22.2. The molecule has 2 aliphatic rings. The second-order valence-electron chi connectivity index (χ2n) is 26.6. The minimum Gasteiger partial charge on any atom is -0.318 e. The summed E-state index contributed by atoms with van der Waals surface area (Å²) in [6.07, 6.45) is 0. The van der Waals surface area contributed by atoms with Gasteiger partial charge in [0.05, 0.1) is 89.8 Å². The van der Waals surface area contributed by atoms with Crippen LogP contribution in [0.1, 0.15) is 50.1 Å². The van der Waals surface area contributed by atoms with Crippen LogP contribution in [0.25, 0.3) is 137 Å². The third kappa shape index (κ3) is 7.07. The average molecular weight is 1270 g/mol. The summed E-state index contributed by atoms with van der Waals surface area (Å²) in [6.45, 7) is 10.5. The molecule has 462 valence electrons. The number of nitriles is 1. The van der Waals surface area contributed by atoms with Crippen molar-refractivity contribution < 1.29 is 0 Å². The molecule has 0 spiro atoms. The molecule has 4 aromatic heterocycles. The summed E-state index contributed by atoms with van der Waals surface area (Å²) in [5, 5.41) is 21.7. The van der Waals surface area contributed by atoms with Gasteiger partial charge < -0.3 is 18.3 Å². The maximum Gasteiger partial charge on any atom is 0.237 e. The van der Waals surface area contributed by atoms with Crippen molar-refractivity contribution in [2.24, 2.45) is 0 Å². The molecule has 0 amide bonds. The van der Waals surface area contributed by atoms with Crippen LogP contribution < -0.4 is 0 Å². The Morgan fingerprint density at radius 1 is 0.260 bits per heavy atom. The van der Waals surface area contributed by atoms with Crippen molar-refractivity contribution in [3.8, 4) is 51.1 Å². The topological polar surface area (TPSA) is 47.9 Å². The Morgan fingerprint density at radius 2 is 0.550 bits per heavy atom. The van der Waals surface area contributed by atoms with Gasteiger partial charge in [-0.1, -0.05) is 303 Å². The summed E-state index contributed by atoms with van der Waals surface area (Å²) in [4.78, 5) is 5.10. The van der Waals surface area contributed by atoms with Crippen LogP contribution in [0.3, 0.4) is 0 Å². The van der Waals surface area contributed by atoms with Crippen LogP contribution in [0.15, 0.2) is 340 Å². The predicted molar refractivity (Wildman–Crippen MR) is 409 cm³/mol. The van der Waals surface area contributed by atoms with Crippen LogP contribution >= 0.6 is 0 Å². The highest BCUT2D eigenvalue weighted by atomic mass is 15.1. The first-order valence-corrected chi connectivity index (χ1v) is 34.2. The van der Waals surface area contributed by atoms with E-state index in [9.17, 15) is 11.8 Å². The van der Waals surface area contributed by atoms with E-state index in [4.69, 9.17) is 4.85 Å². The lowest BCUT2D eigenvalue weighted by atomic mass is 9.67. The second kappa shape index (κ2) is 21.0. The maximum absolute atomic E-state index is 13.5. The lowest BCUT2D eigenvalue weighted by Crippen LogP contribution is -2.29. The van der Waals surface area contributed by atoms with Gasteiger partial charge in [-0.25, -0.2) is 4.85 Å². The quantitative estimate of drug-likeness (QED) is 0.140. The number of aromatic nitrogens is 4. The standard InChI is InChI=1S/C94H56N6/c1-96-86-89(97-78-48-24-16-40-65(78)66-41-17-25-49-79(66)97)75(58-95)90(99-82-52-28-20-44-69(82)73-56-54-71-63-38-14-22-46-76(63)93(84(71)87(73)99,59-30-6-2-7-31-59)60-32-8-3-9-33-60)92(98-80-50-26-18-42-67(80)68-43-19-27-51-81(68)98)91(86)100-83-53-29-21-45-70(83)74-57-55-72-64-39-15-23-47-77(64)94(85(72)88(74)100,61-34-10-4-11-35-61)62-36-12-5-13-37-62/h2-57H. The van der Waals surface area contributed by atoms with Gasteiger partial charge in [0, 0.05) is 54.2 Å². The van der Waals surface area contributed by atoms with Crippen LogP contribution in [-0.4, -0.2) is 18.3 Å². The molecule has 0 saturated carbocycles. The number of rotatable bonds is 8. The molecule has 2 aliphatic carbocycles. The van der Waals surface area contributed by atoms with E-state index < -0.39 is 10.8 Å². The molecule has 0 unspecified atom stereocenters. The molecule has 19 aromatic rings. The number of para-hydroxylation sites is 6. The first kappa shape index (κ1) is 55.7. The first-order chi connectivity index (χ1) is 49.6. The Kier molecular flexibility index (Phi) is 11.7. The largest absolute Gasteiger partial charge is 0.318 e. The molecule has 0 N–H and O–H groups in total. The fraction of sp³-hybridized carbons (Fsp3) is 0.0213. The molecule has 21 rings (SSSR count).